The van der Waals surface area contributed by atoms with Crippen molar-refractivity contribution in [2.45, 2.75) is 39.2 Å². The largest absolute Gasteiger partial charge is 0.378 e. The third kappa shape index (κ3) is 4.80. The molecule has 0 bridgehead atoms. The summed E-state index contributed by atoms with van der Waals surface area (Å²) in [7, 11) is 0. The molecule has 0 radical (unpaired) electrons. The molecule has 6 heteroatoms. The van der Waals surface area contributed by atoms with Crippen LogP contribution in [0.2, 0.25) is 0 Å². The summed E-state index contributed by atoms with van der Waals surface area (Å²) in [5.74, 6) is 0. The van der Waals surface area contributed by atoms with Crippen LogP contribution >= 0.6 is 0 Å². The van der Waals surface area contributed by atoms with E-state index in [0.29, 0.717) is 6.42 Å². The Bertz CT molecular complexity index is 1040. The average Bonchev–Trinajstić information content (AvgIpc) is 3.12. The van der Waals surface area contributed by atoms with Gasteiger partial charge in [-0.15, -0.1) is 5.53 Å². The van der Waals surface area contributed by atoms with Crippen molar-refractivity contribution < 1.29 is 0 Å². The van der Waals surface area contributed by atoms with E-state index >= 15 is 0 Å². The van der Waals surface area contributed by atoms with Crippen molar-refractivity contribution >= 4 is 5.69 Å². The molecule has 4 N–H and O–H groups in total. The van der Waals surface area contributed by atoms with Crippen molar-refractivity contribution in [3.8, 4) is 6.07 Å². The van der Waals surface area contributed by atoms with E-state index in [4.69, 9.17) is 5.26 Å². The number of hydrogen-bond acceptors (Lipinski definition) is 6. The van der Waals surface area contributed by atoms with Crippen molar-refractivity contribution in [3.63, 3.8) is 0 Å². The fourth-order valence-electron chi connectivity index (χ4n) is 4.41. The van der Waals surface area contributed by atoms with Crippen LogP contribution in [-0.4, -0.2) is 30.7 Å². The molecular formula is C26H32N6. The Kier molecular flexibility index (Phi) is 6.79. The summed E-state index contributed by atoms with van der Waals surface area (Å²) in [4.78, 5) is 0. The van der Waals surface area contributed by atoms with Gasteiger partial charge in [0.2, 0.25) is 0 Å². The minimum atomic E-state index is 0.113. The summed E-state index contributed by atoms with van der Waals surface area (Å²) in [6.45, 7) is 11.6. The topological polar surface area (TPSA) is 75.2 Å². The third-order valence-corrected chi connectivity index (χ3v) is 6.32. The molecule has 1 atom stereocenters. The summed E-state index contributed by atoms with van der Waals surface area (Å²) in [5, 5.41) is 18.1. The Hall–Kier alpha value is -3.27. The molecule has 1 unspecified atom stereocenters. The summed E-state index contributed by atoms with van der Waals surface area (Å²) in [6, 6.07) is 10.4. The summed E-state index contributed by atoms with van der Waals surface area (Å²) < 4.78 is 0. The van der Waals surface area contributed by atoms with Crippen molar-refractivity contribution in [1.29, 1.82) is 5.26 Å². The third-order valence-electron chi connectivity index (χ3n) is 6.32. The van der Waals surface area contributed by atoms with Crippen LogP contribution in [0.4, 0.5) is 5.69 Å². The van der Waals surface area contributed by atoms with Crippen LogP contribution in [0.3, 0.4) is 0 Å². The fraction of sp³-hybridized carbons (Fsp3) is 0.346. The molecule has 6 nitrogen and oxygen atoms in total. The molecule has 1 fully saturated rings. The maximum Gasteiger partial charge on any atom is 0.0813 e. The first-order valence-electron chi connectivity index (χ1n) is 11.3. The zero-order chi connectivity index (χ0) is 22.5. The molecular weight excluding hydrogens is 396 g/mol. The van der Waals surface area contributed by atoms with E-state index in [0.717, 1.165) is 66.3 Å². The maximum absolute atomic E-state index is 8.90. The van der Waals surface area contributed by atoms with E-state index in [1.54, 1.807) is 0 Å². The number of nitrogens with zero attached hydrogens (tertiary/aromatic N) is 2. The number of benzene rings is 1. The van der Waals surface area contributed by atoms with Crippen LogP contribution in [-0.2, 0) is 6.42 Å². The van der Waals surface area contributed by atoms with Gasteiger partial charge in [0.15, 0.2) is 0 Å². The van der Waals surface area contributed by atoms with Gasteiger partial charge in [0, 0.05) is 24.4 Å². The smallest absolute Gasteiger partial charge is 0.0813 e. The first-order chi connectivity index (χ1) is 15.6. The standard InChI is InChI=1S/C26H32N6/c1-18(22-11-15-28-16-12-22)4-9-24-19(2)25(13-17-32-26(24)20(3)30-31-32)29-23-7-5-21(6-8-23)10-14-27/h4-9,11,25,28-31H,2,10,12-13,15-17H2,1,3H3/b18-4+,24-9+. The predicted octanol–water partition coefficient (Wildman–Crippen LogP) is 3.84. The van der Waals surface area contributed by atoms with Gasteiger partial charge in [-0.2, -0.15) is 5.26 Å². The number of hydrazine groups is 2. The Labute approximate surface area is 191 Å². The van der Waals surface area contributed by atoms with Gasteiger partial charge in [0.1, 0.15) is 0 Å². The summed E-state index contributed by atoms with van der Waals surface area (Å²) in [6.07, 6.45) is 9.15. The molecule has 3 aliphatic heterocycles. The molecule has 1 saturated heterocycles. The van der Waals surface area contributed by atoms with Gasteiger partial charge in [-0.1, -0.05) is 36.9 Å². The average molecular weight is 429 g/mol. The lowest BCUT2D eigenvalue weighted by atomic mass is 9.94. The van der Waals surface area contributed by atoms with E-state index in [1.807, 2.05) is 24.3 Å². The number of nitriles is 1. The molecule has 1 aromatic rings. The fourth-order valence-corrected chi connectivity index (χ4v) is 4.41. The SMILES string of the molecule is C=C1/C(=C\C=C(/C)C2=CCNCC2)C2=C(C)NNN2CCC1Nc1ccc(CC#N)cc1. The first kappa shape index (κ1) is 21.9. The van der Waals surface area contributed by atoms with Gasteiger partial charge in [-0.3, -0.25) is 5.01 Å². The lowest BCUT2D eigenvalue weighted by Crippen LogP contribution is -2.38. The Morgan fingerprint density at radius 2 is 2.16 bits per heavy atom. The summed E-state index contributed by atoms with van der Waals surface area (Å²) in [5.41, 5.74) is 15.8. The Balaban J connectivity index is 1.61. The van der Waals surface area contributed by atoms with Crippen LogP contribution < -0.4 is 21.6 Å². The second-order valence-electron chi connectivity index (χ2n) is 8.52. The molecule has 0 spiro atoms. The van der Waals surface area contributed by atoms with E-state index < -0.39 is 0 Å². The van der Waals surface area contributed by atoms with Crippen LogP contribution in [0.15, 0.2) is 82.8 Å². The second kappa shape index (κ2) is 9.90. The minimum absolute atomic E-state index is 0.113. The predicted molar refractivity (Wildman–Crippen MR) is 130 cm³/mol. The highest BCUT2D eigenvalue weighted by Crippen LogP contribution is 2.34. The quantitative estimate of drug-likeness (QED) is 0.571. The molecule has 32 heavy (non-hydrogen) atoms. The highest BCUT2D eigenvalue weighted by Gasteiger charge is 2.31. The molecule has 0 saturated carbocycles. The molecule has 1 aromatic carbocycles. The van der Waals surface area contributed by atoms with E-state index in [2.05, 4.69) is 71.3 Å². The number of hydrogen-bond donors (Lipinski definition) is 4. The van der Waals surface area contributed by atoms with Crippen LogP contribution in [0.5, 0.6) is 0 Å². The van der Waals surface area contributed by atoms with Gasteiger partial charge in [0.25, 0.3) is 0 Å². The van der Waals surface area contributed by atoms with E-state index in [9.17, 15) is 0 Å². The molecule has 0 aromatic heterocycles. The molecule has 0 amide bonds. The van der Waals surface area contributed by atoms with Crippen LogP contribution in [0.1, 0.15) is 32.3 Å². The van der Waals surface area contributed by atoms with Gasteiger partial charge >= 0.3 is 0 Å². The number of nitrogens with one attached hydrogen (secondary N) is 4. The maximum atomic E-state index is 8.90. The van der Waals surface area contributed by atoms with Gasteiger partial charge in [-0.05, 0) is 67.6 Å². The number of anilines is 1. The number of fused-ring (bicyclic) bond motifs is 1. The van der Waals surface area contributed by atoms with Crippen molar-refractivity contribution in [2.24, 2.45) is 0 Å². The van der Waals surface area contributed by atoms with Crippen LogP contribution in [0, 0.1) is 11.3 Å². The van der Waals surface area contributed by atoms with Crippen molar-refractivity contribution in [2.75, 3.05) is 25.0 Å². The lowest BCUT2D eigenvalue weighted by molar-refractivity contribution is 0.256. The molecule has 3 heterocycles. The molecule has 0 aliphatic carbocycles. The first-order valence-corrected chi connectivity index (χ1v) is 11.3. The van der Waals surface area contributed by atoms with Crippen molar-refractivity contribution in [1.82, 2.24) is 21.3 Å². The molecule has 166 valence electrons. The Morgan fingerprint density at radius 1 is 1.34 bits per heavy atom. The zero-order valence-electron chi connectivity index (χ0n) is 19.0. The number of rotatable bonds is 5. The lowest BCUT2D eigenvalue weighted by Gasteiger charge is -2.21. The van der Waals surface area contributed by atoms with Crippen LogP contribution in [0.25, 0.3) is 0 Å². The number of allylic oxidation sites excluding steroid dienone is 5. The van der Waals surface area contributed by atoms with Gasteiger partial charge < -0.3 is 16.1 Å². The van der Waals surface area contributed by atoms with E-state index in [-0.39, 0.29) is 6.04 Å². The van der Waals surface area contributed by atoms with Gasteiger partial charge in [-0.25, -0.2) is 0 Å². The second-order valence-corrected chi connectivity index (χ2v) is 8.52. The highest BCUT2D eigenvalue weighted by molar-refractivity contribution is 5.57. The summed E-state index contributed by atoms with van der Waals surface area (Å²) >= 11 is 0. The highest BCUT2D eigenvalue weighted by atomic mass is 15.7. The monoisotopic (exact) mass is 428 g/mol. The Morgan fingerprint density at radius 3 is 2.88 bits per heavy atom. The zero-order valence-corrected chi connectivity index (χ0v) is 19.0. The molecule has 3 aliphatic rings. The molecule has 4 rings (SSSR count). The van der Waals surface area contributed by atoms with E-state index in [1.165, 1.54) is 11.1 Å². The van der Waals surface area contributed by atoms with Gasteiger partial charge in [0.05, 0.1) is 29.9 Å². The normalized spacial score (nSPS) is 22.8. The van der Waals surface area contributed by atoms with Crippen molar-refractivity contribution in [3.05, 3.63) is 88.3 Å². The minimum Gasteiger partial charge on any atom is -0.378 e.